The Labute approximate surface area is 120 Å². The van der Waals surface area contributed by atoms with Gasteiger partial charge >= 0.3 is 5.97 Å². The summed E-state index contributed by atoms with van der Waals surface area (Å²) in [5.74, 6) is -1.05. The highest BCUT2D eigenvalue weighted by molar-refractivity contribution is 5.66. The monoisotopic (exact) mass is 295 g/mol. The number of rotatable bonds is 5. The van der Waals surface area contributed by atoms with E-state index in [4.69, 9.17) is 5.11 Å². The van der Waals surface area contributed by atoms with Crippen LogP contribution in [0, 0.1) is 6.92 Å². The highest BCUT2D eigenvalue weighted by atomic mass is 16.6. The number of aliphatic carboxylic acids is 1. The van der Waals surface area contributed by atoms with Crippen LogP contribution in [0.1, 0.15) is 25.2 Å². The Kier molecular flexibility index (Phi) is 6.05. The first-order valence-corrected chi connectivity index (χ1v) is 6.37. The average molecular weight is 295 g/mol. The summed E-state index contributed by atoms with van der Waals surface area (Å²) in [6.07, 6.45) is 2.66. The van der Waals surface area contributed by atoms with Gasteiger partial charge in [-0.05, 0) is 6.92 Å². The third kappa shape index (κ3) is 4.41. The van der Waals surface area contributed by atoms with Crippen molar-refractivity contribution in [2.75, 3.05) is 5.32 Å². The molecule has 2 N–H and O–H groups in total. The zero-order valence-electron chi connectivity index (χ0n) is 12.0. The summed E-state index contributed by atoms with van der Waals surface area (Å²) < 4.78 is 5.57. The maximum Gasteiger partial charge on any atom is 0.323 e. The standard InChI is InChI=1S/C10H11N5O4.C2H6/c1-6-7(14-19-13-6)4-12-9-10(18)15(3-2-11-9)5-8(16)17;1-2/h2-3H,4-5H2,1H3,(H,11,12)(H,16,17);1-2H3. The van der Waals surface area contributed by atoms with E-state index < -0.39 is 18.1 Å². The number of carbonyl (C=O) groups is 1. The van der Waals surface area contributed by atoms with Gasteiger partial charge < -0.3 is 10.4 Å². The van der Waals surface area contributed by atoms with Gasteiger partial charge in [0, 0.05) is 12.4 Å². The van der Waals surface area contributed by atoms with Gasteiger partial charge in [-0.2, -0.15) is 0 Å². The van der Waals surface area contributed by atoms with Crippen molar-refractivity contribution >= 4 is 11.8 Å². The molecular formula is C12H17N5O4. The van der Waals surface area contributed by atoms with Crippen LogP contribution in [0.25, 0.3) is 0 Å². The first kappa shape index (κ1) is 16.3. The number of aryl methyl sites for hydroxylation is 1. The SMILES string of the molecule is CC.Cc1nonc1CNc1nccn(CC(=O)O)c1=O. The van der Waals surface area contributed by atoms with Crippen molar-refractivity contribution in [2.45, 2.75) is 33.9 Å². The fraction of sp³-hybridized carbons (Fsp3) is 0.417. The lowest BCUT2D eigenvalue weighted by atomic mass is 10.3. The van der Waals surface area contributed by atoms with Crippen molar-refractivity contribution in [3.8, 4) is 0 Å². The maximum absolute atomic E-state index is 11.9. The number of carboxylic acids is 1. The van der Waals surface area contributed by atoms with Crippen LogP contribution in [-0.2, 0) is 17.9 Å². The number of nitrogens with one attached hydrogen (secondary N) is 1. The van der Waals surface area contributed by atoms with Gasteiger partial charge in [-0.3, -0.25) is 14.2 Å². The highest BCUT2D eigenvalue weighted by Gasteiger charge is 2.09. The molecule has 21 heavy (non-hydrogen) atoms. The third-order valence-electron chi connectivity index (χ3n) is 2.39. The molecule has 0 atom stereocenters. The predicted molar refractivity (Wildman–Crippen MR) is 73.8 cm³/mol. The van der Waals surface area contributed by atoms with Gasteiger partial charge in [0.1, 0.15) is 17.9 Å². The summed E-state index contributed by atoms with van der Waals surface area (Å²) in [6.45, 7) is 5.52. The van der Waals surface area contributed by atoms with Crippen LogP contribution < -0.4 is 10.9 Å². The molecule has 9 nitrogen and oxygen atoms in total. The van der Waals surface area contributed by atoms with E-state index in [1.165, 1.54) is 12.4 Å². The van der Waals surface area contributed by atoms with Gasteiger partial charge in [-0.15, -0.1) is 0 Å². The van der Waals surface area contributed by atoms with Gasteiger partial charge in [-0.1, -0.05) is 24.2 Å². The zero-order valence-corrected chi connectivity index (χ0v) is 12.0. The highest BCUT2D eigenvalue weighted by Crippen LogP contribution is 2.03. The second kappa shape index (κ2) is 7.78. The fourth-order valence-corrected chi connectivity index (χ4v) is 1.42. The summed E-state index contributed by atoms with van der Waals surface area (Å²) in [6, 6.07) is 0. The Balaban J connectivity index is 0.00000106. The molecule has 0 aliphatic rings. The Hall–Kier alpha value is -2.71. The Morgan fingerprint density at radius 1 is 1.43 bits per heavy atom. The second-order valence-corrected chi connectivity index (χ2v) is 3.75. The van der Waals surface area contributed by atoms with Crippen LogP contribution in [0.2, 0.25) is 0 Å². The van der Waals surface area contributed by atoms with Crippen LogP contribution in [-0.4, -0.2) is 30.9 Å². The van der Waals surface area contributed by atoms with Crippen LogP contribution in [0.4, 0.5) is 5.82 Å². The molecule has 0 aromatic carbocycles. The molecule has 0 saturated carbocycles. The summed E-state index contributed by atoms with van der Waals surface area (Å²) >= 11 is 0. The lowest BCUT2D eigenvalue weighted by molar-refractivity contribution is -0.137. The van der Waals surface area contributed by atoms with Crippen LogP contribution >= 0.6 is 0 Å². The molecule has 2 heterocycles. The lowest BCUT2D eigenvalue weighted by Crippen LogP contribution is -2.27. The molecule has 9 heteroatoms. The molecule has 0 unspecified atom stereocenters. The molecule has 0 spiro atoms. The largest absolute Gasteiger partial charge is 0.480 e. The van der Waals surface area contributed by atoms with Crippen molar-refractivity contribution < 1.29 is 14.5 Å². The van der Waals surface area contributed by atoms with E-state index in [1.54, 1.807) is 6.92 Å². The molecular weight excluding hydrogens is 278 g/mol. The van der Waals surface area contributed by atoms with Crippen LogP contribution in [0.5, 0.6) is 0 Å². The number of aromatic nitrogens is 4. The van der Waals surface area contributed by atoms with Crippen molar-refractivity contribution in [2.24, 2.45) is 0 Å². The van der Waals surface area contributed by atoms with E-state index in [9.17, 15) is 9.59 Å². The first-order valence-electron chi connectivity index (χ1n) is 6.37. The van der Waals surface area contributed by atoms with E-state index >= 15 is 0 Å². The van der Waals surface area contributed by atoms with Gasteiger partial charge in [0.25, 0.3) is 5.56 Å². The van der Waals surface area contributed by atoms with Gasteiger partial charge in [0.05, 0.1) is 6.54 Å². The van der Waals surface area contributed by atoms with Gasteiger partial charge in [0.15, 0.2) is 5.82 Å². The number of hydrogen-bond donors (Lipinski definition) is 2. The van der Waals surface area contributed by atoms with Gasteiger partial charge in [0.2, 0.25) is 0 Å². The number of nitrogens with zero attached hydrogens (tertiary/aromatic N) is 4. The molecule has 0 aliphatic heterocycles. The first-order chi connectivity index (χ1) is 10.1. The minimum Gasteiger partial charge on any atom is -0.480 e. The molecule has 0 amide bonds. The van der Waals surface area contributed by atoms with E-state index in [0.717, 1.165) is 4.57 Å². The topological polar surface area (TPSA) is 123 Å². The summed E-state index contributed by atoms with van der Waals surface area (Å²) in [4.78, 5) is 26.3. The molecule has 2 aromatic heterocycles. The predicted octanol–water partition coefficient (Wildman–Crippen LogP) is 0.658. The Bertz CT molecular complexity index is 649. The summed E-state index contributed by atoms with van der Waals surface area (Å²) in [5, 5.41) is 18.7. The van der Waals surface area contributed by atoms with Crippen molar-refractivity contribution in [3.05, 3.63) is 34.1 Å². The van der Waals surface area contributed by atoms with E-state index in [2.05, 4.69) is 25.2 Å². The minimum atomic E-state index is -1.10. The molecule has 2 rings (SSSR count). The number of hydrogen-bond acceptors (Lipinski definition) is 7. The van der Waals surface area contributed by atoms with Crippen LogP contribution in [0.15, 0.2) is 21.8 Å². The minimum absolute atomic E-state index is 0.0474. The molecule has 0 saturated heterocycles. The molecule has 114 valence electrons. The quantitative estimate of drug-likeness (QED) is 0.824. The lowest BCUT2D eigenvalue weighted by Gasteiger charge is -2.06. The zero-order chi connectivity index (χ0) is 15.8. The average Bonchev–Trinajstić information content (AvgIpc) is 2.87. The molecule has 0 fully saturated rings. The van der Waals surface area contributed by atoms with E-state index in [1.807, 2.05) is 13.8 Å². The van der Waals surface area contributed by atoms with E-state index in [0.29, 0.717) is 11.4 Å². The summed E-state index contributed by atoms with van der Waals surface area (Å²) in [7, 11) is 0. The number of carboxylic acid groups (broad SMARTS) is 1. The third-order valence-corrected chi connectivity index (χ3v) is 2.39. The van der Waals surface area contributed by atoms with Crippen molar-refractivity contribution in [1.29, 1.82) is 0 Å². The summed E-state index contributed by atoms with van der Waals surface area (Å²) in [5.41, 5.74) is 0.642. The van der Waals surface area contributed by atoms with Crippen molar-refractivity contribution in [1.82, 2.24) is 19.9 Å². The smallest absolute Gasteiger partial charge is 0.323 e. The normalized spacial score (nSPS) is 9.67. The Morgan fingerprint density at radius 2 is 2.14 bits per heavy atom. The number of anilines is 1. The maximum atomic E-state index is 11.9. The van der Waals surface area contributed by atoms with Gasteiger partial charge in [-0.25, -0.2) is 9.61 Å². The molecule has 0 radical (unpaired) electrons. The second-order valence-electron chi connectivity index (χ2n) is 3.75. The Morgan fingerprint density at radius 3 is 2.71 bits per heavy atom. The molecule has 2 aromatic rings. The van der Waals surface area contributed by atoms with Crippen molar-refractivity contribution in [3.63, 3.8) is 0 Å². The van der Waals surface area contributed by atoms with E-state index in [-0.39, 0.29) is 12.4 Å². The van der Waals surface area contributed by atoms with Crippen LogP contribution in [0.3, 0.4) is 0 Å². The molecule has 0 bridgehead atoms. The fourth-order valence-electron chi connectivity index (χ4n) is 1.42. The molecule has 0 aliphatic carbocycles.